The highest BCUT2D eigenvalue weighted by molar-refractivity contribution is 9.10. The largest absolute Gasteiger partial charge is 0.408 e. The third kappa shape index (κ3) is 5.44. The Morgan fingerprint density at radius 2 is 1.76 bits per heavy atom. The SMILES string of the molecule is Cl.Cl.FC(F)(F)[C@@H](c1cc(Br)ccc1Cl)N1CCNCC1. The lowest BCUT2D eigenvalue weighted by Crippen LogP contribution is -2.49. The van der Waals surface area contributed by atoms with E-state index in [4.69, 9.17) is 11.6 Å². The van der Waals surface area contributed by atoms with E-state index in [1.165, 1.54) is 17.0 Å². The highest BCUT2D eigenvalue weighted by Crippen LogP contribution is 2.41. The van der Waals surface area contributed by atoms with Crippen LogP contribution in [0.15, 0.2) is 22.7 Å². The number of rotatable bonds is 2. The van der Waals surface area contributed by atoms with Crippen molar-refractivity contribution in [3.8, 4) is 0 Å². The van der Waals surface area contributed by atoms with Gasteiger partial charge in [0.25, 0.3) is 0 Å². The normalized spacial score (nSPS) is 17.6. The van der Waals surface area contributed by atoms with E-state index < -0.39 is 12.2 Å². The van der Waals surface area contributed by atoms with E-state index in [0.717, 1.165) is 0 Å². The smallest absolute Gasteiger partial charge is 0.314 e. The highest BCUT2D eigenvalue weighted by Gasteiger charge is 2.45. The summed E-state index contributed by atoms with van der Waals surface area (Å²) in [5.74, 6) is 0. The van der Waals surface area contributed by atoms with Crippen LogP contribution >= 0.6 is 52.3 Å². The van der Waals surface area contributed by atoms with Crippen LogP contribution in [-0.2, 0) is 0 Å². The quantitative estimate of drug-likeness (QED) is 0.746. The fourth-order valence-electron chi connectivity index (χ4n) is 2.24. The second-order valence-corrected chi connectivity index (χ2v) is 5.72. The Balaban J connectivity index is 0.00000200. The van der Waals surface area contributed by atoms with Crippen molar-refractivity contribution >= 4 is 52.3 Å². The van der Waals surface area contributed by atoms with Crippen LogP contribution in [0, 0.1) is 0 Å². The van der Waals surface area contributed by atoms with Gasteiger partial charge in [0.2, 0.25) is 0 Å². The summed E-state index contributed by atoms with van der Waals surface area (Å²) in [6.07, 6.45) is -4.35. The van der Waals surface area contributed by atoms with Gasteiger partial charge < -0.3 is 5.32 Å². The zero-order valence-electron chi connectivity index (χ0n) is 10.8. The predicted molar refractivity (Wildman–Crippen MR) is 86.9 cm³/mol. The molecule has 2 nitrogen and oxygen atoms in total. The van der Waals surface area contributed by atoms with Gasteiger partial charge in [-0.3, -0.25) is 4.90 Å². The Morgan fingerprint density at radius 3 is 2.29 bits per heavy atom. The zero-order valence-corrected chi connectivity index (χ0v) is 14.8. The minimum Gasteiger partial charge on any atom is -0.314 e. The monoisotopic (exact) mass is 428 g/mol. The molecule has 1 aliphatic heterocycles. The standard InChI is InChI=1S/C12H13BrClF3N2.2ClH/c13-8-1-2-10(14)9(7-8)11(12(15,16)17)19-5-3-18-4-6-19;;/h1-2,7,11,18H,3-6H2;2*1H/t11-;;/m1../s1. The van der Waals surface area contributed by atoms with Crippen molar-refractivity contribution in [2.45, 2.75) is 12.2 Å². The molecular formula is C12H15BrCl3F3N2. The van der Waals surface area contributed by atoms with Crippen molar-refractivity contribution in [2.75, 3.05) is 26.2 Å². The summed E-state index contributed by atoms with van der Waals surface area (Å²) in [5.41, 5.74) is 0.102. The molecular weight excluding hydrogens is 415 g/mol. The second kappa shape index (κ2) is 8.79. The summed E-state index contributed by atoms with van der Waals surface area (Å²) in [4.78, 5) is 1.42. The lowest BCUT2D eigenvalue weighted by Gasteiger charge is -2.36. The molecule has 9 heteroatoms. The first-order chi connectivity index (χ1) is 8.89. The summed E-state index contributed by atoms with van der Waals surface area (Å²) in [6.45, 7) is 1.82. The maximum absolute atomic E-state index is 13.4. The average molecular weight is 431 g/mol. The number of alkyl halides is 3. The van der Waals surface area contributed by atoms with Crippen LogP contribution in [0.2, 0.25) is 5.02 Å². The molecule has 1 aromatic rings. The van der Waals surface area contributed by atoms with Crippen molar-refractivity contribution in [1.82, 2.24) is 10.2 Å². The Bertz CT molecular complexity index is 454. The van der Waals surface area contributed by atoms with Gasteiger partial charge in [0.15, 0.2) is 0 Å². The lowest BCUT2D eigenvalue weighted by molar-refractivity contribution is -0.187. The van der Waals surface area contributed by atoms with Crippen LogP contribution in [0.4, 0.5) is 13.2 Å². The van der Waals surface area contributed by atoms with Gasteiger partial charge in [-0.05, 0) is 23.8 Å². The van der Waals surface area contributed by atoms with Crippen LogP contribution in [0.3, 0.4) is 0 Å². The van der Waals surface area contributed by atoms with E-state index in [1.54, 1.807) is 6.07 Å². The van der Waals surface area contributed by atoms with E-state index >= 15 is 0 Å². The predicted octanol–water partition coefficient (Wildman–Crippen LogP) is 4.45. The van der Waals surface area contributed by atoms with Gasteiger partial charge in [0.05, 0.1) is 0 Å². The van der Waals surface area contributed by atoms with Gasteiger partial charge in [-0.2, -0.15) is 13.2 Å². The van der Waals surface area contributed by atoms with Crippen molar-refractivity contribution in [2.24, 2.45) is 0 Å². The summed E-state index contributed by atoms with van der Waals surface area (Å²) < 4.78 is 40.7. The topological polar surface area (TPSA) is 15.3 Å². The Kier molecular flexibility index (Phi) is 8.91. The minimum absolute atomic E-state index is 0. The van der Waals surface area contributed by atoms with Crippen molar-refractivity contribution in [3.05, 3.63) is 33.3 Å². The van der Waals surface area contributed by atoms with Crippen molar-refractivity contribution < 1.29 is 13.2 Å². The first kappa shape index (κ1) is 21.3. The van der Waals surface area contributed by atoms with E-state index in [1.807, 2.05) is 0 Å². The third-order valence-electron chi connectivity index (χ3n) is 3.08. The molecule has 0 saturated carbocycles. The minimum atomic E-state index is -4.35. The molecule has 1 atom stereocenters. The van der Waals surface area contributed by atoms with Crippen molar-refractivity contribution in [1.29, 1.82) is 0 Å². The lowest BCUT2D eigenvalue weighted by atomic mass is 10.0. The molecule has 1 aliphatic rings. The number of hydrogen-bond donors (Lipinski definition) is 1. The van der Waals surface area contributed by atoms with E-state index in [-0.39, 0.29) is 35.4 Å². The molecule has 21 heavy (non-hydrogen) atoms. The average Bonchev–Trinajstić information content (AvgIpc) is 2.33. The Hall–Kier alpha value is 0.280. The number of nitrogens with zero attached hydrogens (tertiary/aromatic N) is 1. The molecule has 1 aromatic carbocycles. The summed E-state index contributed by atoms with van der Waals surface area (Å²) in [7, 11) is 0. The second-order valence-electron chi connectivity index (χ2n) is 4.40. The molecule has 0 spiro atoms. The molecule has 0 bridgehead atoms. The van der Waals surface area contributed by atoms with Gasteiger partial charge in [0.1, 0.15) is 6.04 Å². The zero-order chi connectivity index (χ0) is 14.0. The van der Waals surface area contributed by atoms with Gasteiger partial charge in [0, 0.05) is 35.7 Å². The van der Waals surface area contributed by atoms with Crippen LogP contribution in [0.25, 0.3) is 0 Å². The first-order valence-corrected chi connectivity index (χ1v) is 7.03. The van der Waals surface area contributed by atoms with Crippen LogP contribution in [0.5, 0.6) is 0 Å². The van der Waals surface area contributed by atoms with E-state index in [2.05, 4.69) is 21.2 Å². The molecule has 1 N–H and O–H groups in total. The van der Waals surface area contributed by atoms with E-state index in [9.17, 15) is 13.2 Å². The molecule has 0 aliphatic carbocycles. The van der Waals surface area contributed by atoms with Gasteiger partial charge >= 0.3 is 6.18 Å². The summed E-state index contributed by atoms with van der Waals surface area (Å²) >= 11 is 9.15. The van der Waals surface area contributed by atoms with Gasteiger partial charge in [-0.1, -0.05) is 27.5 Å². The Morgan fingerprint density at radius 1 is 1.19 bits per heavy atom. The molecule has 0 unspecified atom stereocenters. The first-order valence-electron chi connectivity index (χ1n) is 5.86. The fourth-order valence-corrected chi connectivity index (χ4v) is 2.84. The molecule has 1 saturated heterocycles. The van der Waals surface area contributed by atoms with Crippen LogP contribution < -0.4 is 5.32 Å². The number of hydrogen-bond acceptors (Lipinski definition) is 2. The Labute approximate surface area is 147 Å². The van der Waals surface area contributed by atoms with Crippen LogP contribution in [-0.4, -0.2) is 37.3 Å². The molecule has 0 aromatic heterocycles. The fraction of sp³-hybridized carbons (Fsp3) is 0.500. The summed E-state index contributed by atoms with van der Waals surface area (Å²) in [5, 5.41) is 3.19. The van der Waals surface area contributed by atoms with Gasteiger partial charge in [-0.25, -0.2) is 0 Å². The molecule has 1 fully saturated rings. The number of halogens is 7. The van der Waals surface area contributed by atoms with Crippen LogP contribution in [0.1, 0.15) is 11.6 Å². The molecule has 0 radical (unpaired) electrons. The maximum atomic E-state index is 13.4. The number of benzene rings is 1. The van der Waals surface area contributed by atoms with E-state index in [0.29, 0.717) is 30.7 Å². The van der Waals surface area contributed by atoms with Crippen molar-refractivity contribution in [3.63, 3.8) is 0 Å². The summed E-state index contributed by atoms with van der Waals surface area (Å²) in [6, 6.07) is 2.92. The maximum Gasteiger partial charge on any atom is 0.408 e. The molecule has 1 heterocycles. The molecule has 0 amide bonds. The highest BCUT2D eigenvalue weighted by atomic mass is 79.9. The molecule has 2 rings (SSSR count). The molecule has 122 valence electrons. The number of nitrogens with one attached hydrogen (secondary N) is 1. The van der Waals surface area contributed by atoms with Gasteiger partial charge in [-0.15, -0.1) is 24.8 Å². The number of piperazine rings is 1. The third-order valence-corrected chi connectivity index (χ3v) is 3.92.